The molecule has 22 heavy (non-hydrogen) atoms. The van der Waals surface area contributed by atoms with Crippen molar-refractivity contribution in [3.63, 3.8) is 0 Å². The zero-order valence-electron chi connectivity index (χ0n) is 13.1. The maximum absolute atomic E-state index is 11.3. The average molecular weight is 298 g/mol. The van der Waals surface area contributed by atoms with Gasteiger partial charge in [0.15, 0.2) is 0 Å². The molecule has 0 radical (unpaired) electrons. The third-order valence-corrected chi connectivity index (χ3v) is 3.90. The van der Waals surface area contributed by atoms with Crippen molar-refractivity contribution >= 4 is 5.91 Å². The number of imidazole rings is 1. The molecule has 1 aromatic carbocycles. The van der Waals surface area contributed by atoms with E-state index in [1.165, 1.54) is 5.56 Å². The second-order valence-electron chi connectivity index (χ2n) is 6.14. The molecule has 0 aliphatic carbocycles. The fourth-order valence-electron chi connectivity index (χ4n) is 2.94. The molecule has 0 spiro atoms. The highest BCUT2D eigenvalue weighted by Crippen LogP contribution is 2.21. The minimum atomic E-state index is 0.152. The van der Waals surface area contributed by atoms with Crippen LogP contribution >= 0.6 is 0 Å². The molecule has 1 saturated heterocycles. The lowest BCUT2D eigenvalue weighted by atomic mass is 10.1. The first-order valence-corrected chi connectivity index (χ1v) is 7.66. The minimum Gasteiger partial charge on any atom is -0.352 e. The maximum atomic E-state index is 11.3. The quantitative estimate of drug-likeness (QED) is 0.917. The van der Waals surface area contributed by atoms with Crippen molar-refractivity contribution in [3.05, 3.63) is 42.2 Å². The molecule has 3 rings (SSSR count). The van der Waals surface area contributed by atoms with Crippen LogP contribution in [0.4, 0.5) is 0 Å². The van der Waals surface area contributed by atoms with Gasteiger partial charge in [0.1, 0.15) is 5.82 Å². The Labute approximate surface area is 131 Å². The van der Waals surface area contributed by atoms with Gasteiger partial charge in [-0.3, -0.25) is 4.79 Å². The second-order valence-corrected chi connectivity index (χ2v) is 6.14. The largest absolute Gasteiger partial charge is 0.352 e. The number of nitrogens with one attached hydrogen (secondary N) is 1. The van der Waals surface area contributed by atoms with Crippen molar-refractivity contribution in [2.75, 3.05) is 14.1 Å². The van der Waals surface area contributed by atoms with Crippen molar-refractivity contribution < 1.29 is 4.79 Å². The summed E-state index contributed by atoms with van der Waals surface area (Å²) < 4.78 is 2.13. The van der Waals surface area contributed by atoms with Crippen molar-refractivity contribution in [3.8, 4) is 11.4 Å². The van der Waals surface area contributed by atoms with Gasteiger partial charge in [0.2, 0.25) is 5.91 Å². The van der Waals surface area contributed by atoms with E-state index in [9.17, 15) is 4.79 Å². The molecular formula is C17H22N4O. The van der Waals surface area contributed by atoms with Gasteiger partial charge in [0.25, 0.3) is 0 Å². The first kappa shape index (κ1) is 14.8. The minimum absolute atomic E-state index is 0.152. The molecule has 116 valence electrons. The summed E-state index contributed by atoms with van der Waals surface area (Å²) in [5.41, 5.74) is 2.39. The van der Waals surface area contributed by atoms with E-state index >= 15 is 0 Å². The summed E-state index contributed by atoms with van der Waals surface area (Å²) in [5, 5.41) is 3.01. The number of rotatable bonds is 5. The third kappa shape index (κ3) is 3.36. The molecule has 5 heteroatoms. The Morgan fingerprint density at radius 3 is 3.00 bits per heavy atom. The molecule has 1 aliphatic heterocycles. The predicted molar refractivity (Wildman–Crippen MR) is 86.2 cm³/mol. The smallest absolute Gasteiger partial charge is 0.220 e. The number of nitrogens with zero attached hydrogens (tertiary/aromatic N) is 3. The van der Waals surface area contributed by atoms with Crippen LogP contribution in [-0.4, -0.2) is 40.5 Å². The third-order valence-electron chi connectivity index (χ3n) is 3.90. The number of hydrogen-bond acceptors (Lipinski definition) is 3. The highest BCUT2D eigenvalue weighted by atomic mass is 16.1. The fraction of sp³-hybridized carbons (Fsp3) is 0.412. The normalized spacial score (nSPS) is 18.0. The van der Waals surface area contributed by atoms with E-state index in [1.807, 2.05) is 12.4 Å². The van der Waals surface area contributed by atoms with Gasteiger partial charge < -0.3 is 14.8 Å². The number of carbonyl (C=O) groups excluding carboxylic acids is 1. The zero-order valence-corrected chi connectivity index (χ0v) is 13.1. The molecule has 0 saturated carbocycles. The van der Waals surface area contributed by atoms with Crippen LogP contribution in [0, 0.1) is 0 Å². The average Bonchev–Trinajstić information content (AvgIpc) is 3.08. The highest BCUT2D eigenvalue weighted by Gasteiger charge is 2.21. The van der Waals surface area contributed by atoms with Gasteiger partial charge in [-0.25, -0.2) is 4.98 Å². The summed E-state index contributed by atoms with van der Waals surface area (Å²) in [6.07, 6.45) is 5.34. The molecule has 5 nitrogen and oxygen atoms in total. The Kier molecular flexibility index (Phi) is 4.24. The van der Waals surface area contributed by atoms with Crippen LogP contribution in [0.5, 0.6) is 0 Å². The van der Waals surface area contributed by atoms with Crippen LogP contribution in [0.15, 0.2) is 36.7 Å². The van der Waals surface area contributed by atoms with Crippen molar-refractivity contribution in [2.45, 2.75) is 32.0 Å². The summed E-state index contributed by atoms with van der Waals surface area (Å²) in [6.45, 7) is 1.69. The summed E-state index contributed by atoms with van der Waals surface area (Å²) in [6, 6.07) is 8.70. The summed E-state index contributed by atoms with van der Waals surface area (Å²) >= 11 is 0. The van der Waals surface area contributed by atoms with Crippen LogP contribution in [0.25, 0.3) is 11.4 Å². The lowest BCUT2D eigenvalue weighted by molar-refractivity contribution is -0.119. The molecule has 1 unspecified atom stereocenters. The Bertz CT molecular complexity index is 662. The van der Waals surface area contributed by atoms with E-state index in [0.717, 1.165) is 30.9 Å². The van der Waals surface area contributed by atoms with Crippen molar-refractivity contribution in [2.24, 2.45) is 0 Å². The lowest BCUT2D eigenvalue weighted by Crippen LogP contribution is -2.29. The Hall–Kier alpha value is -2.14. The standard InChI is InChI=1S/C17H22N4O/c1-20(2)11-13-4-3-5-14(10-13)17-18-8-9-21(17)12-15-6-7-16(22)19-15/h3-5,8-10,15H,6-7,11-12H2,1-2H3,(H,19,22). The molecule has 1 fully saturated rings. The van der Waals surface area contributed by atoms with Gasteiger partial charge >= 0.3 is 0 Å². The SMILES string of the molecule is CN(C)Cc1cccc(-c2nccn2CC2CCC(=O)N2)c1. The Morgan fingerprint density at radius 2 is 2.27 bits per heavy atom. The van der Waals surface area contributed by atoms with Gasteiger partial charge in [-0.05, 0) is 32.1 Å². The number of aromatic nitrogens is 2. The fourth-order valence-corrected chi connectivity index (χ4v) is 2.94. The molecule has 2 aromatic rings. The van der Waals surface area contributed by atoms with Gasteiger partial charge in [-0.1, -0.05) is 18.2 Å². The van der Waals surface area contributed by atoms with E-state index in [-0.39, 0.29) is 11.9 Å². The zero-order chi connectivity index (χ0) is 15.5. The first-order chi connectivity index (χ1) is 10.6. The molecule has 1 N–H and O–H groups in total. The summed E-state index contributed by atoms with van der Waals surface area (Å²) in [7, 11) is 4.13. The number of carbonyl (C=O) groups is 1. The van der Waals surface area contributed by atoms with Gasteiger partial charge in [-0.15, -0.1) is 0 Å². The van der Waals surface area contributed by atoms with E-state index in [4.69, 9.17) is 0 Å². The van der Waals surface area contributed by atoms with Crippen LogP contribution < -0.4 is 5.32 Å². The Balaban J connectivity index is 1.80. The van der Waals surface area contributed by atoms with Crippen LogP contribution in [0.1, 0.15) is 18.4 Å². The van der Waals surface area contributed by atoms with Crippen LogP contribution in [0.3, 0.4) is 0 Å². The first-order valence-electron chi connectivity index (χ1n) is 7.66. The second kappa shape index (κ2) is 6.32. The van der Waals surface area contributed by atoms with Crippen molar-refractivity contribution in [1.82, 2.24) is 19.8 Å². The van der Waals surface area contributed by atoms with Gasteiger partial charge in [-0.2, -0.15) is 0 Å². The summed E-state index contributed by atoms with van der Waals surface area (Å²) in [5.74, 6) is 1.11. The Morgan fingerprint density at radius 1 is 1.41 bits per heavy atom. The maximum Gasteiger partial charge on any atom is 0.220 e. The molecule has 1 amide bonds. The topological polar surface area (TPSA) is 50.2 Å². The van der Waals surface area contributed by atoms with Crippen molar-refractivity contribution in [1.29, 1.82) is 0 Å². The van der Waals surface area contributed by atoms with Crippen LogP contribution in [0.2, 0.25) is 0 Å². The summed E-state index contributed by atoms with van der Waals surface area (Å²) in [4.78, 5) is 18.0. The molecule has 2 heterocycles. The van der Waals surface area contributed by atoms with E-state index < -0.39 is 0 Å². The molecule has 0 bridgehead atoms. The number of benzene rings is 1. The van der Waals surface area contributed by atoms with Gasteiger partial charge in [0, 0.05) is 43.5 Å². The highest BCUT2D eigenvalue weighted by molar-refractivity contribution is 5.78. The molecular weight excluding hydrogens is 276 g/mol. The van der Waals surface area contributed by atoms with Crippen LogP contribution in [-0.2, 0) is 17.9 Å². The number of amides is 1. The predicted octanol–water partition coefficient (Wildman–Crippen LogP) is 1.89. The molecule has 1 atom stereocenters. The molecule has 1 aromatic heterocycles. The van der Waals surface area contributed by atoms with E-state index in [0.29, 0.717) is 6.42 Å². The van der Waals surface area contributed by atoms with E-state index in [1.54, 1.807) is 0 Å². The van der Waals surface area contributed by atoms with E-state index in [2.05, 4.69) is 58.1 Å². The van der Waals surface area contributed by atoms with Gasteiger partial charge in [0.05, 0.1) is 0 Å². The number of hydrogen-bond donors (Lipinski definition) is 1. The monoisotopic (exact) mass is 298 g/mol. The molecule has 1 aliphatic rings. The lowest BCUT2D eigenvalue weighted by Gasteiger charge is -2.14.